The summed E-state index contributed by atoms with van der Waals surface area (Å²) in [7, 11) is 0. The molecule has 2 heterocycles. The summed E-state index contributed by atoms with van der Waals surface area (Å²) >= 11 is 1.49. The van der Waals surface area contributed by atoms with Gasteiger partial charge in [0.2, 0.25) is 5.13 Å². The second-order valence-corrected chi connectivity index (χ2v) is 4.74. The largest absolute Gasteiger partial charge is 0.372 e. The van der Waals surface area contributed by atoms with E-state index in [1.54, 1.807) is 0 Å². The first-order valence-electron chi connectivity index (χ1n) is 5.42. The van der Waals surface area contributed by atoms with Crippen molar-refractivity contribution < 1.29 is 4.74 Å². The van der Waals surface area contributed by atoms with Crippen molar-refractivity contribution in [2.45, 2.75) is 39.4 Å². The Balaban J connectivity index is 2.09. The van der Waals surface area contributed by atoms with Crippen LogP contribution in [0.25, 0.3) is 0 Å². The molecule has 1 saturated heterocycles. The van der Waals surface area contributed by atoms with Gasteiger partial charge in [0.25, 0.3) is 0 Å². The summed E-state index contributed by atoms with van der Waals surface area (Å²) in [5.74, 6) is 0.946. The monoisotopic (exact) mass is 227 g/mol. The Bertz CT molecular complexity index is 318. The molecule has 1 aromatic heterocycles. The number of hydrogen-bond acceptors (Lipinski definition) is 5. The van der Waals surface area contributed by atoms with E-state index in [0.717, 1.165) is 30.5 Å². The van der Waals surface area contributed by atoms with Gasteiger partial charge in [-0.05, 0) is 13.8 Å². The minimum absolute atomic E-state index is 0.280. The van der Waals surface area contributed by atoms with Crippen LogP contribution in [-0.4, -0.2) is 34.7 Å². The minimum atomic E-state index is 0.280. The normalized spacial score (nSPS) is 27.0. The maximum atomic E-state index is 5.69. The van der Waals surface area contributed by atoms with Crippen LogP contribution in [0.3, 0.4) is 0 Å². The molecule has 84 valence electrons. The van der Waals surface area contributed by atoms with E-state index in [9.17, 15) is 0 Å². The van der Waals surface area contributed by atoms with Crippen molar-refractivity contribution in [3.63, 3.8) is 0 Å². The van der Waals surface area contributed by atoms with E-state index in [2.05, 4.69) is 35.0 Å². The smallest absolute Gasteiger partial charge is 0.205 e. The van der Waals surface area contributed by atoms with Crippen molar-refractivity contribution >= 4 is 16.7 Å². The van der Waals surface area contributed by atoms with E-state index in [4.69, 9.17) is 4.74 Å². The van der Waals surface area contributed by atoms with E-state index in [0.29, 0.717) is 0 Å². The second kappa shape index (κ2) is 4.45. The number of aromatic nitrogens is 2. The number of nitrogens with zero attached hydrogens (tertiary/aromatic N) is 3. The highest BCUT2D eigenvalue weighted by atomic mass is 32.1. The fourth-order valence-electron chi connectivity index (χ4n) is 1.85. The highest BCUT2D eigenvalue weighted by Crippen LogP contribution is 2.22. The Morgan fingerprint density at radius 1 is 1.40 bits per heavy atom. The van der Waals surface area contributed by atoms with Crippen LogP contribution >= 0.6 is 11.5 Å². The van der Waals surface area contributed by atoms with Crippen molar-refractivity contribution in [1.82, 2.24) is 9.36 Å². The van der Waals surface area contributed by atoms with Crippen molar-refractivity contribution in [2.24, 2.45) is 0 Å². The van der Waals surface area contributed by atoms with E-state index in [1.165, 1.54) is 11.5 Å². The van der Waals surface area contributed by atoms with Crippen molar-refractivity contribution in [3.8, 4) is 0 Å². The molecule has 0 aromatic carbocycles. The van der Waals surface area contributed by atoms with Gasteiger partial charge in [-0.15, -0.1) is 0 Å². The number of morpholine rings is 1. The van der Waals surface area contributed by atoms with Gasteiger partial charge in [-0.3, -0.25) is 0 Å². The molecule has 0 aliphatic carbocycles. The third kappa shape index (κ3) is 2.46. The first kappa shape index (κ1) is 10.8. The average molecular weight is 227 g/mol. The zero-order valence-electron chi connectivity index (χ0n) is 9.43. The van der Waals surface area contributed by atoms with Crippen molar-refractivity contribution in [3.05, 3.63) is 5.82 Å². The second-order valence-electron chi connectivity index (χ2n) is 4.01. The van der Waals surface area contributed by atoms with E-state index < -0.39 is 0 Å². The van der Waals surface area contributed by atoms with Crippen LogP contribution < -0.4 is 4.90 Å². The Morgan fingerprint density at radius 3 is 2.60 bits per heavy atom. The molecule has 2 atom stereocenters. The van der Waals surface area contributed by atoms with Gasteiger partial charge in [-0.2, -0.15) is 4.37 Å². The van der Waals surface area contributed by atoms with Gasteiger partial charge in [0.15, 0.2) is 0 Å². The first-order chi connectivity index (χ1) is 7.19. The summed E-state index contributed by atoms with van der Waals surface area (Å²) in [6.07, 6.45) is 1.47. The first-order valence-corrected chi connectivity index (χ1v) is 6.19. The van der Waals surface area contributed by atoms with E-state index in [1.807, 2.05) is 0 Å². The lowest BCUT2D eigenvalue weighted by Gasteiger charge is -2.34. The third-order valence-corrected chi connectivity index (χ3v) is 3.28. The molecule has 2 unspecified atom stereocenters. The minimum Gasteiger partial charge on any atom is -0.372 e. The van der Waals surface area contributed by atoms with Gasteiger partial charge < -0.3 is 9.64 Å². The zero-order chi connectivity index (χ0) is 10.8. The Labute approximate surface area is 94.4 Å². The predicted octanol–water partition coefficient (Wildman–Crippen LogP) is 1.71. The highest BCUT2D eigenvalue weighted by Gasteiger charge is 2.24. The van der Waals surface area contributed by atoms with Gasteiger partial charge in [0.05, 0.1) is 12.2 Å². The van der Waals surface area contributed by atoms with Crippen LogP contribution in [0.5, 0.6) is 0 Å². The molecular weight excluding hydrogens is 210 g/mol. The molecule has 0 bridgehead atoms. The fourth-order valence-corrected chi connectivity index (χ4v) is 2.62. The molecule has 1 aromatic rings. The molecule has 15 heavy (non-hydrogen) atoms. The van der Waals surface area contributed by atoms with Crippen LogP contribution in [0.15, 0.2) is 0 Å². The Hall–Kier alpha value is -0.680. The van der Waals surface area contributed by atoms with E-state index in [-0.39, 0.29) is 12.2 Å². The number of aryl methyl sites for hydroxylation is 1. The van der Waals surface area contributed by atoms with Gasteiger partial charge in [0, 0.05) is 31.0 Å². The fraction of sp³-hybridized carbons (Fsp3) is 0.800. The van der Waals surface area contributed by atoms with Gasteiger partial charge in [0.1, 0.15) is 5.82 Å². The number of anilines is 1. The maximum absolute atomic E-state index is 5.69. The van der Waals surface area contributed by atoms with Crippen LogP contribution in [0.4, 0.5) is 5.13 Å². The number of hydrogen-bond donors (Lipinski definition) is 0. The highest BCUT2D eigenvalue weighted by molar-refractivity contribution is 7.09. The quantitative estimate of drug-likeness (QED) is 0.771. The maximum Gasteiger partial charge on any atom is 0.205 e. The molecule has 0 spiro atoms. The van der Waals surface area contributed by atoms with Crippen LogP contribution in [0.2, 0.25) is 0 Å². The molecule has 1 aliphatic rings. The molecule has 1 fully saturated rings. The summed E-state index contributed by atoms with van der Waals surface area (Å²) in [4.78, 5) is 6.77. The van der Waals surface area contributed by atoms with Crippen LogP contribution in [0, 0.1) is 0 Å². The van der Waals surface area contributed by atoms with Crippen molar-refractivity contribution in [1.29, 1.82) is 0 Å². The molecule has 0 N–H and O–H groups in total. The van der Waals surface area contributed by atoms with Crippen molar-refractivity contribution in [2.75, 3.05) is 18.0 Å². The summed E-state index contributed by atoms with van der Waals surface area (Å²) in [5, 5.41) is 1.04. The summed E-state index contributed by atoms with van der Waals surface area (Å²) in [6, 6.07) is 0. The Morgan fingerprint density at radius 2 is 2.07 bits per heavy atom. The lowest BCUT2D eigenvalue weighted by Crippen LogP contribution is -2.45. The van der Waals surface area contributed by atoms with Crippen LogP contribution in [0.1, 0.15) is 26.6 Å². The SMILES string of the molecule is CCc1nsc(N2CC(C)OC(C)C2)n1. The molecular formula is C10H17N3OS. The Kier molecular flexibility index (Phi) is 3.21. The van der Waals surface area contributed by atoms with Gasteiger partial charge in [-0.1, -0.05) is 6.92 Å². The molecule has 0 radical (unpaired) electrons. The number of rotatable bonds is 2. The third-order valence-electron chi connectivity index (χ3n) is 2.46. The van der Waals surface area contributed by atoms with E-state index >= 15 is 0 Å². The number of ether oxygens (including phenoxy) is 1. The summed E-state index contributed by atoms with van der Waals surface area (Å²) in [5.41, 5.74) is 0. The van der Waals surface area contributed by atoms with Gasteiger partial charge in [-0.25, -0.2) is 4.98 Å². The van der Waals surface area contributed by atoms with Crippen LogP contribution in [-0.2, 0) is 11.2 Å². The zero-order valence-corrected chi connectivity index (χ0v) is 10.3. The predicted molar refractivity (Wildman–Crippen MR) is 61.5 cm³/mol. The molecule has 0 amide bonds. The standard InChI is InChI=1S/C10H17N3OS/c1-4-9-11-10(15-12-9)13-5-7(2)14-8(3)6-13/h7-8H,4-6H2,1-3H3. The molecule has 0 saturated carbocycles. The molecule has 5 heteroatoms. The summed E-state index contributed by atoms with van der Waals surface area (Å²) < 4.78 is 9.99. The van der Waals surface area contributed by atoms with Gasteiger partial charge >= 0.3 is 0 Å². The lowest BCUT2D eigenvalue weighted by atomic mass is 10.2. The average Bonchev–Trinajstić information content (AvgIpc) is 2.64. The summed E-state index contributed by atoms with van der Waals surface area (Å²) in [6.45, 7) is 8.12. The molecule has 4 nitrogen and oxygen atoms in total. The lowest BCUT2D eigenvalue weighted by molar-refractivity contribution is -0.00523. The molecule has 1 aliphatic heterocycles. The topological polar surface area (TPSA) is 38.2 Å². The molecule has 2 rings (SSSR count).